The molecule has 78 valence electrons. The fourth-order valence-electron chi connectivity index (χ4n) is 1.15. The Morgan fingerprint density at radius 3 is 2.93 bits per heavy atom. The van der Waals surface area contributed by atoms with Crippen molar-refractivity contribution >= 4 is 11.8 Å². The van der Waals surface area contributed by atoms with E-state index in [-0.39, 0.29) is 5.82 Å². The summed E-state index contributed by atoms with van der Waals surface area (Å²) in [6.45, 7) is 0.321. The highest BCUT2D eigenvalue weighted by atomic mass is 32.2. The summed E-state index contributed by atoms with van der Waals surface area (Å²) in [6.07, 6.45) is 1.41. The van der Waals surface area contributed by atoms with Gasteiger partial charge in [0.25, 0.3) is 0 Å². The molecule has 0 fully saturated rings. The monoisotopic (exact) mass is 224 g/mol. The number of nitrogens with zero attached hydrogens (tertiary/aromatic N) is 2. The molecular weight excluding hydrogens is 215 g/mol. The smallest absolute Gasteiger partial charge is 0.188 e. The average molecular weight is 224 g/mol. The predicted octanol–water partition coefficient (Wildman–Crippen LogP) is 1.55. The molecule has 0 bridgehead atoms. The predicted molar refractivity (Wildman–Crippen MR) is 54.8 cm³/mol. The molecular formula is C9H9FN4S. The van der Waals surface area contributed by atoms with E-state index in [1.165, 1.54) is 30.2 Å². The molecule has 1 aromatic carbocycles. The minimum Gasteiger partial charge on any atom is -0.326 e. The van der Waals surface area contributed by atoms with Crippen LogP contribution in [-0.2, 0) is 6.54 Å². The second-order valence-corrected chi connectivity index (χ2v) is 3.95. The molecule has 2 aromatic rings. The molecule has 0 spiro atoms. The average Bonchev–Trinajstić information content (AvgIpc) is 2.69. The molecule has 0 saturated heterocycles. The Balaban J connectivity index is 2.24. The van der Waals surface area contributed by atoms with E-state index in [0.717, 1.165) is 10.5 Å². The molecule has 0 aliphatic carbocycles. The second-order valence-electron chi connectivity index (χ2n) is 2.89. The van der Waals surface area contributed by atoms with Crippen molar-refractivity contribution in [1.82, 2.24) is 15.2 Å². The minimum absolute atomic E-state index is 0.292. The third kappa shape index (κ3) is 2.54. The SMILES string of the molecule is NCc1cc(F)cc(Sc2ncn[nH]2)c1. The number of halogens is 1. The summed E-state index contributed by atoms with van der Waals surface area (Å²) >= 11 is 1.31. The lowest BCUT2D eigenvalue weighted by atomic mass is 10.2. The van der Waals surface area contributed by atoms with Gasteiger partial charge in [-0.1, -0.05) is 11.8 Å². The van der Waals surface area contributed by atoms with Crippen molar-refractivity contribution in [2.75, 3.05) is 0 Å². The lowest BCUT2D eigenvalue weighted by Crippen LogP contribution is -1.97. The van der Waals surface area contributed by atoms with Crippen LogP contribution in [0.1, 0.15) is 5.56 Å². The van der Waals surface area contributed by atoms with Gasteiger partial charge in [0.2, 0.25) is 0 Å². The Morgan fingerprint density at radius 2 is 2.27 bits per heavy atom. The Kier molecular flexibility index (Phi) is 2.98. The normalized spacial score (nSPS) is 10.5. The maximum Gasteiger partial charge on any atom is 0.188 e. The largest absolute Gasteiger partial charge is 0.326 e. The number of aromatic amines is 1. The Morgan fingerprint density at radius 1 is 1.40 bits per heavy atom. The van der Waals surface area contributed by atoms with Crippen LogP contribution in [0.15, 0.2) is 34.6 Å². The Bertz CT molecular complexity index is 443. The Labute approximate surface area is 90.1 Å². The highest BCUT2D eigenvalue weighted by Crippen LogP contribution is 2.25. The van der Waals surface area contributed by atoms with Crippen LogP contribution in [0, 0.1) is 5.82 Å². The quantitative estimate of drug-likeness (QED) is 0.830. The maximum absolute atomic E-state index is 13.1. The van der Waals surface area contributed by atoms with Gasteiger partial charge >= 0.3 is 0 Å². The molecule has 1 aromatic heterocycles. The number of nitrogens with one attached hydrogen (secondary N) is 1. The number of rotatable bonds is 3. The summed E-state index contributed by atoms with van der Waals surface area (Å²) in [5.41, 5.74) is 6.21. The van der Waals surface area contributed by atoms with Crippen LogP contribution in [0.2, 0.25) is 0 Å². The number of H-pyrrole nitrogens is 1. The summed E-state index contributed by atoms with van der Waals surface area (Å²) in [7, 11) is 0. The van der Waals surface area contributed by atoms with Gasteiger partial charge in [0.1, 0.15) is 12.1 Å². The van der Waals surface area contributed by atoms with Gasteiger partial charge in [-0.2, -0.15) is 5.10 Å². The van der Waals surface area contributed by atoms with Crippen molar-refractivity contribution in [1.29, 1.82) is 0 Å². The van der Waals surface area contributed by atoms with Crippen molar-refractivity contribution in [2.24, 2.45) is 5.73 Å². The fraction of sp³-hybridized carbons (Fsp3) is 0.111. The molecule has 0 aliphatic heterocycles. The van der Waals surface area contributed by atoms with Crippen molar-refractivity contribution in [3.05, 3.63) is 35.9 Å². The number of hydrogen-bond acceptors (Lipinski definition) is 4. The van der Waals surface area contributed by atoms with Gasteiger partial charge in [-0.3, -0.25) is 5.10 Å². The standard InChI is InChI=1S/C9H9FN4S/c10-7-1-6(4-11)2-8(3-7)15-9-12-5-13-14-9/h1-3,5H,4,11H2,(H,12,13,14). The molecule has 0 unspecified atom stereocenters. The van der Waals surface area contributed by atoms with Gasteiger partial charge < -0.3 is 5.73 Å². The van der Waals surface area contributed by atoms with E-state index in [4.69, 9.17) is 5.73 Å². The van der Waals surface area contributed by atoms with Crippen LogP contribution in [0.4, 0.5) is 4.39 Å². The molecule has 0 atom stereocenters. The van der Waals surface area contributed by atoms with Crippen LogP contribution in [-0.4, -0.2) is 15.2 Å². The van der Waals surface area contributed by atoms with Crippen LogP contribution >= 0.6 is 11.8 Å². The zero-order valence-electron chi connectivity index (χ0n) is 7.77. The van der Waals surface area contributed by atoms with Crippen LogP contribution in [0.5, 0.6) is 0 Å². The molecule has 0 amide bonds. The summed E-state index contributed by atoms with van der Waals surface area (Å²) < 4.78 is 13.1. The maximum atomic E-state index is 13.1. The van der Waals surface area contributed by atoms with Gasteiger partial charge in [0.05, 0.1) is 0 Å². The van der Waals surface area contributed by atoms with E-state index < -0.39 is 0 Å². The molecule has 1 heterocycles. The summed E-state index contributed by atoms with van der Waals surface area (Å²) in [5, 5.41) is 7.03. The van der Waals surface area contributed by atoms with Crippen LogP contribution in [0.3, 0.4) is 0 Å². The van der Waals surface area contributed by atoms with Gasteiger partial charge in [-0.15, -0.1) is 0 Å². The number of nitrogens with two attached hydrogens (primary N) is 1. The molecule has 0 radical (unpaired) electrons. The number of hydrogen-bond donors (Lipinski definition) is 2. The van der Waals surface area contributed by atoms with Gasteiger partial charge in [0.15, 0.2) is 5.16 Å². The first-order valence-corrected chi connectivity index (χ1v) is 5.12. The molecule has 2 rings (SSSR count). The third-order valence-electron chi connectivity index (χ3n) is 1.77. The van der Waals surface area contributed by atoms with Crippen molar-refractivity contribution in [2.45, 2.75) is 16.6 Å². The molecule has 15 heavy (non-hydrogen) atoms. The van der Waals surface area contributed by atoms with E-state index in [0.29, 0.717) is 11.7 Å². The molecule has 0 saturated carbocycles. The van der Waals surface area contributed by atoms with E-state index in [2.05, 4.69) is 15.2 Å². The van der Waals surface area contributed by atoms with Crippen molar-refractivity contribution in [3.8, 4) is 0 Å². The third-order valence-corrected chi connectivity index (χ3v) is 2.64. The lowest BCUT2D eigenvalue weighted by molar-refractivity contribution is 0.621. The minimum atomic E-state index is -0.292. The first-order chi connectivity index (χ1) is 7.28. The topological polar surface area (TPSA) is 67.6 Å². The summed E-state index contributed by atoms with van der Waals surface area (Å²) in [5.74, 6) is -0.292. The first kappa shape index (κ1) is 10.1. The summed E-state index contributed by atoms with van der Waals surface area (Å²) in [6, 6.07) is 4.69. The van der Waals surface area contributed by atoms with E-state index in [1.54, 1.807) is 0 Å². The van der Waals surface area contributed by atoms with Crippen molar-refractivity contribution in [3.63, 3.8) is 0 Å². The molecule has 0 aliphatic rings. The zero-order chi connectivity index (χ0) is 10.7. The number of benzene rings is 1. The van der Waals surface area contributed by atoms with E-state index in [9.17, 15) is 4.39 Å². The number of aromatic nitrogens is 3. The highest BCUT2D eigenvalue weighted by molar-refractivity contribution is 7.99. The first-order valence-electron chi connectivity index (χ1n) is 4.30. The van der Waals surface area contributed by atoms with E-state index in [1.807, 2.05) is 6.07 Å². The zero-order valence-corrected chi connectivity index (χ0v) is 8.59. The molecule has 4 nitrogen and oxygen atoms in total. The lowest BCUT2D eigenvalue weighted by Gasteiger charge is -2.01. The van der Waals surface area contributed by atoms with Crippen LogP contribution in [0.25, 0.3) is 0 Å². The van der Waals surface area contributed by atoms with Crippen molar-refractivity contribution < 1.29 is 4.39 Å². The summed E-state index contributed by atoms with van der Waals surface area (Å²) in [4.78, 5) is 4.70. The highest BCUT2D eigenvalue weighted by Gasteiger charge is 2.03. The molecule has 6 heteroatoms. The van der Waals surface area contributed by atoms with Gasteiger partial charge in [-0.25, -0.2) is 9.37 Å². The van der Waals surface area contributed by atoms with E-state index >= 15 is 0 Å². The molecule has 3 N–H and O–H groups in total. The van der Waals surface area contributed by atoms with Crippen LogP contribution < -0.4 is 5.73 Å². The second kappa shape index (κ2) is 4.41. The Hall–Kier alpha value is -1.40. The van der Waals surface area contributed by atoms with Gasteiger partial charge in [-0.05, 0) is 23.8 Å². The fourth-order valence-corrected chi connectivity index (χ4v) is 1.96. The van der Waals surface area contributed by atoms with Gasteiger partial charge in [0, 0.05) is 11.4 Å².